The van der Waals surface area contributed by atoms with Crippen LogP contribution >= 0.6 is 0 Å². The summed E-state index contributed by atoms with van der Waals surface area (Å²) in [6.07, 6.45) is 5.30. The second-order valence-electron chi connectivity index (χ2n) is 5.35. The van der Waals surface area contributed by atoms with Crippen molar-refractivity contribution in [3.05, 3.63) is 23.3 Å². The summed E-state index contributed by atoms with van der Waals surface area (Å²) in [6.45, 7) is 4.13. The number of carboxylic acid groups (broad SMARTS) is 1. The van der Waals surface area contributed by atoms with Crippen LogP contribution in [0.25, 0.3) is 0 Å². The molecule has 0 spiro atoms. The van der Waals surface area contributed by atoms with Crippen LogP contribution < -0.4 is 0 Å². The number of aliphatic carboxylic acids is 1. The van der Waals surface area contributed by atoms with Crippen molar-refractivity contribution in [1.29, 1.82) is 0 Å². The van der Waals surface area contributed by atoms with Gasteiger partial charge in [0.25, 0.3) is 0 Å². The van der Waals surface area contributed by atoms with Crippen molar-refractivity contribution in [3.63, 3.8) is 0 Å². The highest BCUT2D eigenvalue weighted by Crippen LogP contribution is 2.32. The van der Waals surface area contributed by atoms with E-state index in [1.165, 1.54) is 0 Å². The van der Waals surface area contributed by atoms with E-state index in [0.717, 1.165) is 29.9 Å². The van der Waals surface area contributed by atoms with Crippen LogP contribution in [-0.2, 0) is 28.0 Å². The van der Waals surface area contributed by atoms with Gasteiger partial charge in [0.15, 0.2) is 5.82 Å². The van der Waals surface area contributed by atoms with Crippen molar-refractivity contribution in [2.24, 2.45) is 5.92 Å². The maximum Gasteiger partial charge on any atom is 0.306 e. The lowest BCUT2D eigenvalue weighted by molar-refractivity contribution is -0.142. The van der Waals surface area contributed by atoms with Gasteiger partial charge in [-0.1, -0.05) is 13.8 Å². The Balaban J connectivity index is 2.32. The van der Waals surface area contributed by atoms with Gasteiger partial charge in [0.1, 0.15) is 5.60 Å². The summed E-state index contributed by atoms with van der Waals surface area (Å²) in [6, 6.07) is 0. The van der Waals surface area contributed by atoms with Crippen LogP contribution in [0.5, 0.6) is 0 Å². The minimum atomic E-state index is -0.729. The van der Waals surface area contributed by atoms with Crippen molar-refractivity contribution in [2.45, 2.75) is 51.6 Å². The molecule has 0 aromatic carbocycles. The molecule has 1 atom stereocenters. The molecule has 5 heteroatoms. The topological polar surface area (TPSA) is 72.3 Å². The monoisotopic (exact) mass is 278 g/mol. The highest BCUT2D eigenvalue weighted by Gasteiger charge is 2.33. The molecule has 1 aromatic rings. The van der Waals surface area contributed by atoms with Gasteiger partial charge in [0.2, 0.25) is 0 Å². The highest BCUT2D eigenvalue weighted by molar-refractivity contribution is 5.70. The third-order valence-corrected chi connectivity index (χ3v) is 4.44. The van der Waals surface area contributed by atoms with E-state index in [1.54, 1.807) is 13.3 Å². The van der Waals surface area contributed by atoms with Gasteiger partial charge in [-0.15, -0.1) is 0 Å². The number of methoxy groups -OCH3 is 1. The number of carbonyl (C=O) groups is 1. The molecule has 0 saturated heterocycles. The maximum absolute atomic E-state index is 11.1. The fourth-order valence-corrected chi connectivity index (χ4v) is 2.88. The molecule has 0 bridgehead atoms. The number of fused-ring (bicyclic) bond motifs is 1. The van der Waals surface area contributed by atoms with Gasteiger partial charge in [-0.2, -0.15) is 0 Å². The molecule has 110 valence electrons. The molecule has 1 aliphatic rings. The van der Waals surface area contributed by atoms with Crippen LogP contribution in [-0.4, -0.2) is 28.2 Å². The lowest BCUT2D eigenvalue weighted by Gasteiger charge is -2.30. The summed E-state index contributed by atoms with van der Waals surface area (Å²) in [5.41, 5.74) is 1.51. The first-order chi connectivity index (χ1) is 9.56. The van der Waals surface area contributed by atoms with Gasteiger partial charge >= 0.3 is 5.97 Å². The number of aromatic nitrogens is 2. The van der Waals surface area contributed by atoms with Crippen molar-refractivity contribution < 1.29 is 14.6 Å². The Morgan fingerprint density at radius 1 is 1.50 bits per heavy atom. The largest absolute Gasteiger partial charge is 0.481 e. The summed E-state index contributed by atoms with van der Waals surface area (Å²) in [4.78, 5) is 20.2. The normalized spacial score (nSPS) is 18.6. The summed E-state index contributed by atoms with van der Waals surface area (Å²) >= 11 is 0. The molecule has 0 amide bonds. The van der Waals surface area contributed by atoms with Crippen LogP contribution in [0.4, 0.5) is 0 Å². The zero-order valence-electron chi connectivity index (χ0n) is 12.3. The number of nitrogens with zero attached hydrogens (tertiary/aromatic N) is 2. The fraction of sp³-hybridized carbons (Fsp3) is 0.667. The zero-order valence-corrected chi connectivity index (χ0v) is 12.3. The first-order valence-corrected chi connectivity index (χ1v) is 7.19. The smallest absolute Gasteiger partial charge is 0.306 e. The fourth-order valence-electron chi connectivity index (χ4n) is 2.88. The van der Waals surface area contributed by atoms with E-state index in [2.05, 4.69) is 23.8 Å². The van der Waals surface area contributed by atoms with E-state index in [4.69, 9.17) is 9.84 Å². The Morgan fingerprint density at radius 3 is 2.75 bits per heavy atom. The van der Waals surface area contributed by atoms with E-state index in [9.17, 15) is 4.79 Å². The van der Waals surface area contributed by atoms with Gasteiger partial charge < -0.3 is 9.84 Å². The van der Waals surface area contributed by atoms with Crippen molar-refractivity contribution in [3.8, 4) is 0 Å². The zero-order chi connectivity index (χ0) is 14.8. The predicted molar refractivity (Wildman–Crippen MR) is 74.5 cm³/mol. The average molecular weight is 278 g/mol. The van der Waals surface area contributed by atoms with E-state index in [0.29, 0.717) is 19.3 Å². The van der Waals surface area contributed by atoms with Crippen molar-refractivity contribution >= 4 is 5.97 Å². The SMILES string of the molecule is CCC(CC)(OC)c1ncc2c(n1)CCC(C(=O)O)C2. The van der Waals surface area contributed by atoms with Crippen LogP contribution in [0.3, 0.4) is 0 Å². The quantitative estimate of drug-likeness (QED) is 0.895. The molecule has 1 aromatic heterocycles. The Kier molecular flexibility index (Phi) is 4.38. The lowest BCUT2D eigenvalue weighted by atomic mass is 9.87. The predicted octanol–water partition coefficient (Wildman–Crippen LogP) is 2.33. The summed E-state index contributed by atoms with van der Waals surface area (Å²) < 4.78 is 5.65. The van der Waals surface area contributed by atoms with Crippen LogP contribution in [0.2, 0.25) is 0 Å². The number of carboxylic acids is 1. The summed E-state index contributed by atoms with van der Waals surface area (Å²) in [5, 5.41) is 9.10. The average Bonchev–Trinajstić information content (AvgIpc) is 2.49. The van der Waals surface area contributed by atoms with Crippen LogP contribution in [0.1, 0.15) is 50.2 Å². The van der Waals surface area contributed by atoms with Gasteiger partial charge in [-0.3, -0.25) is 4.79 Å². The molecule has 1 unspecified atom stereocenters. The number of hydrogen-bond donors (Lipinski definition) is 1. The Hall–Kier alpha value is -1.49. The van der Waals surface area contributed by atoms with E-state index >= 15 is 0 Å². The maximum atomic E-state index is 11.1. The first-order valence-electron chi connectivity index (χ1n) is 7.19. The van der Waals surface area contributed by atoms with Crippen molar-refractivity contribution in [1.82, 2.24) is 9.97 Å². The Labute approximate surface area is 119 Å². The Bertz CT molecular complexity index is 490. The molecule has 20 heavy (non-hydrogen) atoms. The number of hydrogen-bond acceptors (Lipinski definition) is 4. The van der Waals surface area contributed by atoms with Crippen LogP contribution in [0, 0.1) is 5.92 Å². The molecule has 0 radical (unpaired) electrons. The molecular formula is C15H22N2O3. The number of aryl methyl sites for hydroxylation is 1. The van der Waals surface area contributed by atoms with Crippen LogP contribution in [0.15, 0.2) is 6.20 Å². The van der Waals surface area contributed by atoms with Crippen molar-refractivity contribution in [2.75, 3.05) is 7.11 Å². The highest BCUT2D eigenvalue weighted by atomic mass is 16.5. The van der Waals surface area contributed by atoms with Gasteiger partial charge in [-0.25, -0.2) is 9.97 Å². The molecule has 1 heterocycles. The lowest BCUT2D eigenvalue weighted by Crippen LogP contribution is -2.31. The minimum absolute atomic E-state index is 0.304. The van der Waals surface area contributed by atoms with Gasteiger partial charge in [0, 0.05) is 19.0 Å². The third-order valence-electron chi connectivity index (χ3n) is 4.44. The molecular weight excluding hydrogens is 256 g/mol. The first kappa shape index (κ1) is 14.9. The minimum Gasteiger partial charge on any atom is -0.481 e. The number of rotatable bonds is 5. The van der Waals surface area contributed by atoms with E-state index < -0.39 is 11.6 Å². The molecule has 0 saturated carbocycles. The van der Waals surface area contributed by atoms with Gasteiger partial charge in [0.05, 0.1) is 5.92 Å². The van der Waals surface area contributed by atoms with E-state index in [-0.39, 0.29) is 5.92 Å². The molecule has 1 aliphatic carbocycles. The standard InChI is InChI=1S/C15H22N2O3/c1-4-15(5-2,20-3)14-16-9-11-8-10(13(18)19)6-7-12(11)17-14/h9-10H,4-8H2,1-3H3,(H,18,19). The molecule has 2 rings (SSSR count). The third kappa shape index (κ3) is 2.54. The molecule has 1 N–H and O–H groups in total. The summed E-state index contributed by atoms with van der Waals surface area (Å²) in [5.74, 6) is -0.313. The second-order valence-corrected chi connectivity index (χ2v) is 5.35. The molecule has 0 aliphatic heterocycles. The number of ether oxygens (including phenoxy) is 1. The summed E-state index contributed by atoms with van der Waals surface area (Å²) in [7, 11) is 1.69. The van der Waals surface area contributed by atoms with E-state index in [1.807, 2.05) is 0 Å². The Morgan fingerprint density at radius 2 is 2.20 bits per heavy atom. The molecule has 0 fully saturated rings. The van der Waals surface area contributed by atoms with Gasteiger partial charge in [-0.05, 0) is 37.7 Å². The second kappa shape index (κ2) is 5.87. The molecule has 5 nitrogen and oxygen atoms in total.